The number of carbonyl (C=O) groups is 2. The zero-order valence-electron chi connectivity index (χ0n) is 9.40. The first-order valence-corrected chi connectivity index (χ1v) is 5.31. The molecule has 0 saturated heterocycles. The third-order valence-corrected chi connectivity index (χ3v) is 2.42. The fourth-order valence-electron chi connectivity index (χ4n) is 1.39. The van der Waals surface area contributed by atoms with E-state index in [1.807, 2.05) is 0 Å². The fraction of sp³-hybridized carbons (Fsp3) is 0.364. The van der Waals surface area contributed by atoms with Crippen LogP contribution in [-0.2, 0) is 0 Å². The summed E-state index contributed by atoms with van der Waals surface area (Å²) in [5.41, 5.74) is 5.52. The number of nitrogens with two attached hydrogens (primary N) is 1. The molecule has 0 bridgehead atoms. The average Bonchev–Trinajstić information content (AvgIpc) is 3.12. The minimum absolute atomic E-state index is 0.0562. The number of pyridine rings is 1. The number of hydrogen-bond donors (Lipinski definition) is 2. The predicted octanol–water partition coefficient (Wildman–Crippen LogP) is 0.0813. The van der Waals surface area contributed by atoms with Gasteiger partial charge in [0.15, 0.2) is 11.4 Å². The van der Waals surface area contributed by atoms with Crippen molar-refractivity contribution >= 4 is 11.8 Å². The van der Waals surface area contributed by atoms with Gasteiger partial charge in [0, 0.05) is 13.2 Å². The topological polar surface area (TPSA) is 94.3 Å². The van der Waals surface area contributed by atoms with Gasteiger partial charge in [-0.25, -0.2) is 4.98 Å². The first kappa shape index (κ1) is 11.4. The highest BCUT2D eigenvalue weighted by molar-refractivity contribution is 6.02. The summed E-state index contributed by atoms with van der Waals surface area (Å²) in [6.07, 6.45) is 3.26. The van der Waals surface area contributed by atoms with Crippen molar-refractivity contribution in [1.82, 2.24) is 10.3 Å². The SMILES string of the molecule is CNC(=O)c1nccc(C(N)=O)c1OC1CC1. The molecule has 0 aliphatic heterocycles. The van der Waals surface area contributed by atoms with Crippen LogP contribution in [0.2, 0.25) is 0 Å². The number of rotatable bonds is 4. The number of aromatic nitrogens is 1. The molecule has 1 aliphatic rings. The van der Waals surface area contributed by atoms with Crippen LogP contribution in [0.4, 0.5) is 0 Å². The first-order chi connectivity index (χ1) is 8.13. The van der Waals surface area contributed by atoms with Crippen LogP contribution in [0.15, 0.2) is 12.3 Å². The molecule has 2 amide bonds. The Bertz CT molecular complexity index is 469. The zero-order chi connectivity index (χ0) is 12.4. The second-order valence-electron chi connectivity index (χ2n) is 3.80. The molecule has 1 aromatic heterocycles. The van der Waals surface area contributed by atoms with Crippen LogP contribution in [0, 0.1) is 0 Å². The summed E-state index contributed by atoms with van der Waals surface area (Å²) in [5.74, 6) is -0.848. The van der Waals surface area contributed by atoms with Crippen molar-refractivity contribution in [2.24, 2.45) is 5.73 Å². The smallest absolute Gasteiger partial charge is 0.273 e. The van der Waals surface area contributed by atoms with Gasteiger partial charge in [0.1, 0.15) is 0 Å². The van der Waals surface area contributed by atoms with Crippen molar-refractivity contribution in [3.8, 4) is 5.75 Å². The fourth-order valence-corrected chi connectivity index (χ4v) is 1.39. The Morgan fingerprint density at radius 1 is 1.53 bits per heavy atom. The lowest BCUT2D eigenvalue weighted by Crippen LogP contribution is -2.23. The van der Waals surface area contributed by atoms with E-state index in [9.17, 15) is 9.59 Å². The van der Waals surface area contributed by atoms with E-state index in [4.69, 9.17) is 10.5 Å². The van der Waals surface area contributed by atoms with Crippen molar-refractivity contribution in [3.05, 3.63) is 23.5 Å². The van der Waals surface area contributed by atoms with E-state index < -0.39 is 11.8 Å². The van der Waals surface area contributed by atoms with Gasteiger partial charge in [-0.15, -0.1) is 0 Å². The molecule has 90 valence electrons. The lowest BCUT2D eigenvalue weighted by atomic mass is 10.2. The Morgan fingerprint density at radius 3 is 2.76 bits per heavy atom. The predicted molar refractivity (Wildman–Crippen MR) is 59.8 cm³/mol. The summed E-state index contributed by atoms with van der Waals surface area (Å²) < 4.78 is 5.55. The van der Waals surface area contributed by atoms with E-state index in [1.54, 1.807) is 0 Å². The van der Waals surface area contributed by atoms with Crippen molar-refractivity contribution in [2.45, 2.75) is 18.9 Å². The summed E-state index contributed by atoms with van der Waals surface area (Å²) in [4.78, 5) is 26.8. The van der Waals surface area contributed by atoms with Crippen LogP contribution in [0.25, 0.3) is 0 Å². The normalized spacial score (nSPS) is 14.2. The Labute approximate surface area is 98.2 Å². The maximum absolute atomic E-state index is 11.6. The van der Waals surface area contributed by atoms with Gasteiger partial charge in [-0.2, -0.15) is 0 Å². The summed E-state index contributed by atoms with van der Waals surface area (Å²) in [6.45, 7) is 0. The van der Waals surface area contributed by atoms with Crippen LogP contribution in [0.3, 0.4) is 0 Å². The van der Waals surface area contributed by atoms with E-state index in [-0.39, 0.29) is 23.1 Å². The number of carbonyl (C=O) groups excluding carboxylic acids is 2. The molecular formula is C11H13N3O3. The third-order valence-electron chi connectivity index (χ3n) is 2.42. The molecular weight excluding hydrogens is 222 g/mol. The molecule has 3 N–H and O–H groups in total. The highest BCUT2D eigenvalue weighted by atomic mass is 16.5. The maximum Gasteiger partial charge on any atom is 0.273 e. The summed E-state index contributed by atoms with van der Waals surface area (Å²) >= 11 is 0. The minimum Gasteiger partial charge on any atom is -0.487 e. The number of ether oxygens (including phenoxy) is 1. The Hall–Kier alpha value is -2.11. The molecule has 1 aromatic rings. The monoisotopic (exact) mass is 235 g/mol. The van der Waals surface area contributed by atoms with Crippen molar-refractivity contribution in [3.63, 3.8) is 0 Å². The molecule has 0 spiro atoms. The molecule has 1 heterocycles. The first-order valence-electron chi connectivity index (χ1n) is 5.31. The third kappa shape index (κ3) is 2.35. The molecule has 1 saturated carbocycles. The second-order valence-corrected chi connectivity index (χ2v) is 3.80. The lowest BCUT2D eigenvalue weighted by Gasteiger charge is -2.11. The molecule has 17 heavy (non-hydrogen) atoms. The van der Waals surface area contributed by atoms with Gasteiger partial charge in [-0.1, -0.05) is 0 Å². The number of nitrogens with one attached hydrogen (secondary N) is 1. The highest BCUT2D eigenvalue weighted by Gasteiger charge is 2.28. The quantitative estimate of drug-likeness (QED) is 0.772. The summed E-state index contributed by atoms with van der Waals surface area (Å²) in [7, 11) is 1.49. The molecule has 0 unspecified atom stereocenters. The van der Waals surface area contributed by atoms with Gasteiger partial charge in [-0.05, 0) is 18.9 Å². The van der Waals surface area contributed by atoms with E-state index in [2.05, 4.69) is 10.3 Å². The van der Waals surface area contributed by atoms with Gasteiger partial charge in [-0.3, -0.25) is 9.59 Å². The van der Waals surface area contributed by atoms with Crippen LogP contribution < -0.4 is 15.8 Å². The Morgan fingerprint density at radius 2 is 2.24 bits per heavy atom. The van der Waals surface area contributed by atoms with Crippen LogP contribution in [-0.4, -0.2) is 29.9 Å². The summed E-state index contributed by atoms with van der Waals surface area (Å²) in [5, 5.41) is 2.45. The molecule has 6 heteroatoms. The maximum atomic E-state index is 11.6. The number of nitrogens with zero attached hydrogens (tertiary/aromatic N) is 1. The molecule has 0 atom stereocenters. The van der Waals surface area contributed by atoms with Gasteiger partial charge < -0.3 is 15.8 Å². The molecule has 0 aromatic carbocycles. The number of hydrogen-bond acceptors (Lipinski definition) is 4. The van der Waals surface area contributed by atoms with Crippen LogP contribution in [0.5, 0.6) is 5.75 Å². The minimum atomic E-state index is -0.631. The summed E-state index contributed by atoms with van der Waals surface area (Å²) in [6, 6.07) is 1.45. The molecule has 1 aliphatic carbocycles. The van der Waals surface area contributed by atoms with Gasteiger partial charge in [0.2, 0.25) is 0 Å². The van der Waals surface area contributed by atoms with E-state index in [0.29, 0.717) is 0 Å². The van der Waals surface area contributed by atoms with Crippen LogP contribution in [0.1, 0.15) is 33.7 Å². The number of primary amides is 1. The lowest BCUT2D eigenvalue weighted by molar-refractivity contribution is 0.0953. The molecule has 1 fully saturated rings. The standard InChI is InChI=1S/C11H13N3O3/c1-13-11(16)8-9(17-6-2-3-6)7(10(12)15)4-5-14-8/h4-6H,2-3H2,1H3,(H2,12,15)(H,13,16). The zero-order valence-corrected chi connectivity index (χ0v) is 9.40. The largest absolute Gasteiger partial charge is 0.487 e. The van der Waals surface area contributed by atoms with E-state index in [0.717, 1.165) is 12.8 Å². The number of amides is 2. The van der Waals surface area contributed by atoms with Gasteiger partial charge in [0.25, 0.3) is 11.8 Å². The molecule has 6 nitrogen and oxygen atoms in total. The molecule has 2 rings (SSSR count). The van der Waals surface area contributed by atoms with Gasteiger partial charge in [0.05, 0.1) is 11.7 Å². The average molecular weight is 235 g/mol. The Kier molecular flexibility index (Phi) is 2.95. The second kappa shape index (κ2) is 4.40. The highest BCUT2D eigenvalue weighted by Crippen LogP contribution is 2.30. The van der Waals surface area contributed by atoms with Crippen molar-refractivity contribution in [2.75, 3.05) is 7.05 Å². The van der Waals surface area contributed by atoms with E-state index in [1.165, 1.54) is 19.3 Å². The van der Waals surface area contributed by atoms with E-state index >= 15 is 0 Å². The van der Waals surface area contributed by atoms with Gasteiger partial charge >= 0.3 is 0 Å². The Balaban J connectivity index is 2.45. The van der Waals surface area contributed by atoms with Crippen LogP contribution >= 0.6 is 0 Å². The molecule has 0 radical (unpaired) electrons. The van der Waals surface area contributed by atoms with Crippen molar-refractivity contribution < 1.29 is 14.3 Å². The van der Waals surface area contributed by atoms with Crippen molar-refractivity contribution in [1.29, 1.82) is 0 Å².